The van der Waals surface area contributed by atoms with Gasteiger partial charge in [0.25, 0.3) is 0 Å². The SMILES string of the molecule is COc1ccccc1C(C1=CC=CC1)c1ccccc1. The maximum atomic E-state index is 5.56. The van der Waals surface area contributed by atoms with Crippen molar-refractivity contribution in [3.63, 3.8) is 0 Å². The molecule has 0 N–H and O–H groups in total. The van der Waals surface area contributed by atoms with Gasteiger partial charge in [-0.2, -0.15) is 0 Å². The van der Waals surface area contributed by atoms with Crippen molar-refractivity contribution in [2.24, 2.45) is 0 Å². The number of methoxy groups -OCH3 is 1. The number of rotatable bonds is 4. The third-order valence-electron chi connectivity index (χ3n) is 3.75. The van der Waals surface area contributed by atoms with E-state index < -0.39 is 0 Å². The molecule has 2 aromatic carbocycles. The molecule has 20 heavy (non-hydrogen) atoms. The quantitative estimate of drug-likeness (QED) is 0.775. The van der Waals surface area contributed by atoms with Gasteiger partial charge in [0.1, 0.15) is 5.75 Å². The molecular weight excluding hydrogens is 244 g/mol. The van der Waals surface area contributed by atoms with E-state index in [1.54, 1.807) is 7.11 Å². The van der Waals surface area contributed by atoms with E-state index in [1.165, 1.54) is 16.7 Å². The maximum Gasteiger partial charge on any atom is 0.123 e. The van der Waals surface area contributed by atoms with Crippen LogP contribution in [0.2, 0.25) is 0 Å². The largest absolute Gasteiger partial charge is 0.496 e. The van der Waals surface area contributed by atoms with Crippen LogP contribution in [0.3, 0.4) is 0 Å². The van der Waals surface area contributed by atoms with E-state index in [4.69, 9.17) is 4.74 Å². The van der Waals surface area contributed by atoms with E-state index in [9.17, 15) is 0 Å². The predicted octanol–water partition coefficient (Wildman–Crippen LogP) is 4.71. The van der Waals surface area contributed by atoms with Crippen molar-refractivity contribution in [1.29, 1.82) is 0 Å². The molecule has 1 nitrogen and oxygen atoms in total. The summed E-state index contributed by atoms with van der Waals surface area (Å²) in [4.78, 5) is 0. The van der Waals surface area contributed by atoms with E-state index in [0.29, 0.717) is 0 Å². The van der Waals surface area contributed by atoms with E-state index >= 15 is 0 Å². The lowest BCUT2D eigenvalue weighted by Gasteiger charge is -2.22. The van der Waals surface area contributed by atoms with Gasteiger partial charge in [0.05, 0.1) is 7.11 Å². The molecule has 0 saturated heterocycles. The van der Waals surface area contributed by atoms with Crippen LogP contribution < -0.4 is 4.74 Å². The minimum absolute atomic E-state index is 0.266. The van der Waals surface area contributed by atoms with Crippen LogP contribution in [-0.4, -0.2) is 7.11 Å². The number of hydrogen-bond donors (Lipinski definition) is 0. The summed E-state index contributed by atoms with van der Waals surface area (Å²) in [6.07, 6.45) is 7.59. The van der Waals surface area contributed by atoms with E-state index in [2.05, 4.69) is 60.7 Å². The number of allylic oxidation sites excluding steroid dienone is 4. The highest BCUT2D eigenvalue weighted by Crippen LogP contribution is 2.39. The third-order valence-corrected chi connectivity index (χ3v) is 3.75. The van der Waals surface area contributed by atoms with Crippen LogP contribution in [0, 0.1) is 0 Å². The van der Waals surface area contributed by atoms with Gasteiger partial charge in [0.2, 0.25) is 0 Å². The first-order valence-electron chi connectivity index (χ1n) is 6.93. The van der Waals surface area contributed by atoms with Gasteiger partial charge in [-0.1, -0.05) is 72.3 Å². The summed E-state index contributed by atoms with van der Waals surface area (Å²) in [5, 5.41) is 0. The van der Waals surface area contributed by atoms with Crippen molar-refractivity contribution >= 4 is 0 Å². The molecule has 1 aliphatic carbocycles. The molecule has 0 bridgehead atoms. The summed E-state index contributed by atoms with van der Waals surface area (Å²) >= 11 is 0. The highest BCUT2D eigenvalue weighted by atomic mass is 16.5. The first kappa shape index (κ1) is 12.7. The van der Waals surface area contributed by atoms with Gasteiger partial charge >= 0.3 is 0 Å². The Labute approximate surface area is 120 Å². The Morgan fingerprint density at radius 2 is 1.70 bits per heavy atom. The molecule has 0 saturated carbocycles. The fourth-order valence-electron chi connectivity index (χ4n) is 2.82. The summed E-state index contributed by atoms with van der Waals surface area (Å²) < 4.78 is 5.56. The summed E-state index contributed by atoms with van der Waals surface area (Å²) in [6.45, 7) is 0. The second-order valence-electron chi connectivity index (χ2n) is 4.96. The zero-order valence-corrected chi connectivity index (χ0v) is 11.6. The Kier molecular flexibility index (Phi) is 3.69. The fraction of sp³-hybridized carbons (Fsp3) is 0.158. The Morgan fingerprint density at radius 1 is 0.950 bits per heavy atom. The summed E-state index contributed by atoms with van der Waals surface area (Å²) in [5.41, 5.74) is 3.96. The van der Waals surface area contributed by atoms with Crippen LogP contribution in [-0.2, 0) is 0 Å². The Bertz CT molecular complexity index is 638. The molecule has 0 aromatic heterocycles. The molecule has 2 aromatic rings. The number of benzene rings is 2. The smallest absolute Gasteiger partial charge is 0.123 e. The predicted molar refractivity (Wildman–Crippen MR) is 83.1 cm³/mol. The minimum atomic E-state index is 0.266. The molecule has 1 heteroatoms. The van der Waals surface area contributed by atoms with Crippen LogP contribution in [0.1, 0.15) is 23.5 Å². The van der Waals surface area contributed by atoms with Crippen molar-refractivity contribution in [3.8, 4) is 5.75 Å². The molecule has 0 aliphatic heterocycles. The highest BCUT2D eigenvalue weighted by molar-refractivity contribution is 5.49. The molecule has 1 aliphatic rings. The summed E-state index contributed by atoms with van der Waals surface area (Å²) in [7, 11) is 1.74. The Balaban J connectivity index is 2.10. The molecule has 3 rings (SSSR count). The van der Waals surface area contributed by atoms with Crippen LogP contribution in [0.4, 0.5) is 0 Å². The van der Waals surface area contributed by atoms with Crippen molar-refractivity contribution in [2.75, 3.05) is 7.11 Å². The lowest BCUT2D eigenvalue weighted by Crippen LogP contribution is -2.05. The van der Waals surface area contributed by atoms with Crippen molar-refractivity contribution in [2.45, 2.75) is 12.3 Å². The molecule has 0 fully saturated rings. The lowest BCUT2D eigenvalue weighted by molar-refractivity contribution is 0.409. The van der Waals surface area contributed by atoms with Gasteiger partial charge in [-0.3, -0.25) is 0 Å². The second kappa shape index (κ2) is 5.79. The van der Waals surface area contributed by atoms with Crippen molar-refractivity contribution < 1.29 is 4.74 Å². The van der Waals surface area contributed by atoms with Gasteiger partial charge in [-0.25, -0.2) is 0 Å². The molecule has 0 spiro atoms. The number of hydrogen-bond acceptors (Lipinski definition) is 1. The normalized spacial score (nSPS) is 14.9. The molecule has 1 atom stereocenters. The summed E-state index contributed by atoms with van der Waals surface area (Å²) in [5.74, 6) is 1.22. The van der Waals surface area contributed by atoms with Gasteiger partial charge in [0, 0.05) is 11.5 Å². The van der Waals surface area contributed by atoms with Crippen LogP contribution in [0.25, 0.3) is 0 Å². The van der Waals surface area contributed by atoms with Gasteiger partial charge < -0.3 is 4.74 Å². The number of para-hydroxylation sites is 1. The van der Waals surface area contributed by atoms with Crippen LogP contribution in [0.5, 0.6) is 5.75 Å². The standard InChI is InChI=1S/C19H18O/c1-20-18-14-8-7-13-17(18)19(16-11-5-6-12-16)15-9-3-2-4-10-15/h2-11,13-14,19H,12H2,1H3. The van der Waals surface area contributed by atoms with Gasteiger partial charge in [-0.05, 0) is 18.1 Å². The zero-order valence-electron chi connectivity index (χ0n) is 11.6. The van der Waals surface area contributed by atoms with Crippen molar-refractivity contribution in [1.82, 2.24) is 0 Å². The monoisotopic (exact) mass is 262 g/mol. The van der Waals surface area contributed by atoms with Crippen LogP contribution >= 0.6 is 0 Å². The Morgan fingerprint density at radius 3 is 2.40 bits per heavy atom. The fourth-order valence-corrected chi connectivity index (χ4v) is 2.82. The van der Waals surface area contributed by atoms with E-state index in [1.807, 2.05) is 12.1 Å². The molecule has 100 valence electrons. The third kappa shape index (κ3) is 2.39. The Hall–Kier alpha value is -2.28. The van der Waals surface area contributed by atoms with Crippen LogP contribution in [0.15, 0.2) is 78.4 Å². The molecule has 1 unspecified atom stereocenters. The number of ether oxygens (including phenoxy) is 1. The zero-order chi connectivity index (χ0) is 13.8. The van der Waals surface area contributed by atoms with Crippen molar-refractivity contribution in [3.05, 3.63) is 89.5 Å². The molecule has 0 heterocycles. The topological polar surface area (TPSA) is 9.23 Å². The second-order valence-corrected chi connectivity index (χ2v) is 4.96. The lowest BCUT2D eigenvalue weighted by atomic mass is 9.84. The maximum absolute atomic E-state index is 5.56. The summed E-state index contributed by atoms with van der Waals surface area (Å²) in [6, 6.07) is 18.9. The first-order chi connectivity index (χ1) is 9.90. The van der Waals surface area contributed by atoms with E-state index in [-0.39, 0.29) is 5.92 Å². The molecular formula is C19H18O. The van der Waals surface area contributed by atoms with Gasteiger partial charge in [-0.15, -0.1) is 0 Å². The average Bonchev–Trinajstić information content (AvgIpc) is 3.03. The molecule has 0 amide bonds. The first-order valence-corrected chi connectivity index (χ1v) is 6.93. The van der Waals surface area contributed by atoms with Gasteiger partial charge in [0.15, 0.2) is 0 Å². The average molecular weight is 262 g/mol. The van der Waals surface area contributed by atoms with E-state index in [0.717, 1.165) is 12.2 Å². The molecule has 0 radical (unpaired) electrons. The minimum Gasteiger partial charge on any atom is -0.496 e. The highest BCUT2D eigenvalue weighted by Gasteiger charge is 2.22.